The summed E-state index contributed by atoms with van der Waals surface area (Å²) < 4.78 is 51.2. The van der Waals surface area contributed by atoms with Gasteiger partial charge in [0.15, 0.2) is 0 Å². The monoisotopic (exact) mass is 233 g/mol. The van der Waals surface area contributed by atoms with Gasteiger partial charge in [0, 0.05) is 0 Å². The highest BCUT2D eigenvalue weighted by Crippen LogP contribution is 2.49. The van der Waals surface area contributed by atoms with Crippen LogP contribution in [0.25, 0.3) is 0 Å². The zero-order valence-corrected chi connectivity index (χ0v) is 8.90. The molecule has 0 saturated carbocycles. The molecule has 0 aliphatic rings. The minimum absolute atomic E-state index is 0.183. The van der Waals surface area contributed by atoms with E-state index in [0.717, 1.165) is 0 Å². The number of unbranched alkanes of at least 4 members (excludes halogenated alkanes) is 1. The highest BCUT2D eigenvalue weighted by atomic mass is 31.2. The number of halogens is 3. The molecule has 7 heteroatoms. The van der Waals surface area contributed by atoms with Crippen molar-refractivity contribution in [2.45, 2.75) is 38.5 Å². The van der Waals surface area contributed by atoms with Gasteiger partial charge in [-0.05, 0) is 13.3 Å². The van der Waals surface area contributed by atoms with Gasteiger partial charge >= 0.3 is 6.18 Å². The van der Waals surface area contributed by atoms with E-state index in [1.165, 1.54) is 0 Å². The SMILES string of the molecule is CCCCOP(=O)([O-])C(C)C(F)(F)F. The van der Waals surface area contributed by atoms with Crippen molar-refractivity contribution in [3.05, 3.63) is 0 Å². The van der Waals surface area contributed by atoms with Crippen molar-refractivity contribution < 1.29 is 27.2 Å². The largest absolute Gasteiger partial charge is 0.778 e. The maximum Gasteiger partial charge on any atom is 0.399 e. The lowest BCUT2D eigenvalue weighted by Gasteiger charge is -2.30. The van der Waals surface area contributed by atoms with Crippen LogP contribution in [0.15, 0.2) is 0 Å². The average molecular weight is 233 g/mol. The highest BCUT2D eigenvalue weighted by molar-refractivity contribution is 7.52. The molecule has 0 spiro atoms. The van der Waals surface area contributed by atoms with Gasteiger partial charge in [-0.25, -0.2) is 0 Å². The Bertz CT molecular complexity index is 217. The Kier molecular flexibility index (Phi) is 5.12. The Morgan fingerprint density at radius 1 is 1.50 bits per heavy atom. The minimum Gasteiger partial charge on any atom is -0.778 e. The maximum absolute atomic E-state index is 12.0. The van der Waals surface area contributed by atoms with Gasteiger partial charge in [-0.15, -0.1) is 0 Å². The van der Waals surface area contributed by atoms with Crippen molar-refractivity contribution in [1.29, 1.82) is 0 Å². The van der Waals surface area contributed by atoms with Gasteiger partial charge in [-0.3, -0.25) is 0 Å². The van der Waals surface area contributed by atoms with E-state index in [2.05, 4.69) is 4.52 Å². The Morgan fingerprint density at radius 3 is 2.36 bits per heavy atom. The molecule has 0 aromatic heterocycles. The third-order valence-corrected chi connectivity index (χ3v) is 3.50. The molecule has 0 aromatic rings. The summed E-state index contributed by atoms with van der Waals surface area (Å²) in [5.41, 5.74) is -2.44. The Hall–Kier alpha value is -0.0600. The molecule has 0 N–H and O–H groups in total. The molecule has 14 heavy (non-hydrogen) atoms. The van der Waals surface area contributed by atoms with Crippen molar-refractivity contribution in [1.82, 2.24) is 0 Å². The van der Waals surface area contributed by atoms with E-state index in [0.29, 0.717) is 19.8 Å². The molecule has 0 rings (SSSR count). The quantitative estimate of drug-likeness (QED) is 0.540. The smallest absolute Gasteiger partial charge is 0.399 e. The third-order valence-electron chi connectivity index (χ3n) is 1.72. The van der Waals surface area contributed by atoms with Crippen molar-refractivity contribution in [2.75, 3.05) is 6.61 Å². The van der Waals surface area contributed by atoms with Crippen LogP contribution in [0.3, 0.4) is 0 Å². The van der Waals surface area contributed by atoms with Crippen LogP contribution in [0, 0.1) is 0 Å². The number of hydrogen-bond acceptors (Lipinski definition) is 3. The van der Waals surface area contributed by atoms with E-state index < -0.39 is 19.4 Å². The molecular formula is C7H13F3O3P-. The second-order valence-electron chi connectivity index (χ2n) is 2.94. The standard InChI is InChI=1S/C7H14F3O3P/c1-3-4-5-13-14(11,12)6(2)7(8,9)10/h6H,3-5H2,1-2H3,(H,11,12)/p-1. The maximum atomic E-state index is 12.0. The predicted octanol–water partition coefficient (Wildman–Crippen LogP) is 2.31. The molecule has 0 saturated heterocycles. The van der Waals surface area contributed by atoms with Crippen LogP contribution in [-0.2, 0) is 9.09 Å². The topological polar surface area (TPSA) is 49.4 Å². The van der Waals surface area contributed by atoms with E-state index >= 15 is 0 Å². The molecule has 0 heterocycles. The molecule has 0 amide bonds. The van der Waals surface area contributed by atoms with Crippen molar-refractivity contribution in [3.8, 4) is 0 Å². The Labute approximate surface area is 80.8 Å². The molecule has 0 fully saturated rings. The number of rotatable bonds is 5. The summed E-state index contributed by atoms with van der Waals surface area (Å²) in [5, 5.41) is 0. The summed E-state index contributed by atoms with van der Waals surface area (Å²) in [4.78, 5) is 10.9. The van der Waals surface area contributed by atoms with Crippen LogP contribution < -0.4 is 4.89 Å². The van der Waals surface area contributed by atoms with Crippen LogP contribution in [0.2, 0.25) is 0 Å². The average Bonchev–Trinajstić information content (AvgIpc) is 2.01. The zero-order valence-electron chi connectivity index (χ0n) is 8.00. The fourth-order valence-electron chi connectivity index (χ4n) is 0.627. The highest BCUT2D eigenvalue weighted by Gasteiger charge is 2.43. The summed E-state index contributed by atoms with van der Waals surface area (Å²) in [6.07, 6.45) is -3.67. The lowest BCUT2D eigenvalue weighted by atomic mass is 10.4. The molecule has 0 bridgehead atoms. The number of hydrogen-bond donors (Lipinski definition) is 0. The van der Waals surface area contributed by atoms with E-state index in [-0.39, 0.29) is 6.61 Å². The molecule has 0 aromatic carbocycles. The lowest BCUT2D eigenvalue weighted by Crippen LogP contribution is -2.31. The molecule has 86 valence electrons. The Morgan fingerprint density at radius 2 is 2.00 bits per heavy atom. The van der Waals surface area contributed by atoms with Crippen LogP contribution in [0.4, 0.5) is 13.2 Å². The van der Waals surface area contributed by atoms with Crippen molar-refractivity contribution in [2.24, 2.45) is 0 Å². The van der Waals surface area contributed by atoms with Gasteiger partial charge in [0.05, 0.1) is 6.61 Å². The van der Waals surface area contributed by atoms with E-state index in [9.17, 15) is 22.6 Å². The second kappa shape index (κ2) is 5.14. The van der Waals surface area contributed by atoms with Gasteiger partial charge in [-0.2, -0.15) is 13.2 Å². The van der Waals surface area contributed by atoms with Gasteiger partial charge in [-0.1, -0.05) is 13.3 Å². The fraction of sp³-hybridized carbons (Fsp3) is 1.00. The fourth-order valence-corrected chi connectivity index (χ4v) is 1.59. The summed E-state index contributed by atoms with van der Waals surface area (Å²) >= 11 is 0. The van der Waals surface area contributed by atoms with Crippen molar-refractivity contribution >= 4 is 7.60 Å². The molecular weight excluding hydrogens is 220 g/mol. The molecule has 0 radical (unpaired) electrons. The molecule has 0 aliphatic heterocycles. The van der Waals surface area contributed by atoms with Gasteiger partial charge < -0.3 is 14.0 Å². The predicted molar refractivity (Wildman–Crippen MR) is 44.0 cm³/mol. The van der Waals surface area contributed by atoms with Crippen LogP contribution in [0.1, 0.15) is 26.7 Å². The Balaban J connectivity index is 4.25. The van der Waals surface area contributed by atoms with Crippen LogP contribution >= 0.6 is 7.60 Å². The summed E-state index contributed by atoms with van der Waals surface area (Å²) in [6, 6.07) is 0. The van der Waals surface area contributed by atoms with E-state index in [1.54, 1.807) is 6.92 Å². The summed E-state index contributed by atoms with van der Waals surface area (Å²) in [5.74, 6) is 0. The van der Waals surface area contributed by atoms with Crippen molar-refractivity contribution in [3.63, 3.8) is 0 Å². The first-order valence-electron chi connectivity index (χ1n) is 4.23. The summed E-state index contributed by atoms with van der Waals surface area (Å²) in [7, 11) is -4.81. The first-order chi connectivity index (χ1) is 6.22. The lowest BCUT2D eigenvalue weighted by molar-refractivity contribution is -0.216. The summed E-state index contributed by atoms with van der Waals surface area (Å²) in [6.45, 7) is 2.18. The van der Waals surface area contributed by atoms with Crippen LogP contribution in [0.5, 0.6) is 0 Å². The van der Waals surface area contributed by atoms with Gasteiger partial charge in [0.1, 0.15) is 13.3 Å². The van der Waals surface area contributed by atoms with Crippen LogP contribution in [-0.4, -0.2) is 18.4 Å². The zero-order chi connectivity index (χ0) is 11.4. The molecule has 2 unspecified atom stereocenters. The number of alkyl halides is 3. The van der Waals surface area contributed by atoms with E-state index in [1.807, 2.05) is 0 Å². The minimum atomic E-state index is -4.81. The normalized spacial score (nSPS) is 19.0. The molecule has 3 nitrogen and oxygen atoms in total. The first-order valence-corrected chi connectivity index (χ1v) is 5.85. The molecule has 0 aliphatic carbocycles. The second-order valence-corrected chi connectivity index (χ2v) is 5.06. The first kappa shape index (κ1) is 13.9. The molecule has 2 atom stereocenters. The third kappa shape index (κ3) is 4.44. The van der Waals surface area contributed by atoms with Gasteiger partial charge in [0.25, 0.3) is 0 Å². The van der Waals surface area contributed by atoms with Gasteiger partial charge in [0.2, 0.25) is 0 Å². The van der Waals surface area contributed by atoms with E-state index in [4.69, 9.17) is 0 Å².